The van der Waals surface area contributed by atoms with Crippen molar-refractivity contribution < 1.29 is 15.0 Å². The number of hydrogen-bond donors (Lipinski definition) is 3. The van der Waals surface area contributed by atoms with Gasteiger partial charge in [0.05, 0.1) is 23.7 Å². The van der Waals surface area contributed by atoms with Crippen LogP contribution in [0.2, 0.25) is 0 Å². The third-order valence-corrected chi connectivity index (χ3v) is 2.67. The minimum atomic E-state index is -1.23. The van der Waals surface area contributed by atoms with E-state index in [1.165, 1.54) is 30.3 Å². The molecule has 0 saturated heterocycles. The molecule has 7 nitrogen and oxygen atoms in total. The first-order valence-electron chi connectivity index (χ1n) is 5.78. The number of carbonyl (C=O) groups is 1. The van der Waals surface area contributed by atoms with Crippen LogP contribution < -0.4 is 5.73 Å². The third kappa shape index (κ3) is 2.96. The van der Waals surface area contributed by atoms with Crippen LogP contribution >= 0.6 is 0 Å². The molecule has 0 fully saturated rings. The molecule has 104 valence electrons. The SMILES string of the molecule is N#Cc1cc(N=CN)nc(-c2ccc(C(=O)O)c(O)c2)c1. The van der Waals surface area contributed by atoms with Crippen molar-refractivity contribution in [2.75, 3.05) is 0 Å². The molecule has 0 amide bonds. The molecule has 0 aliphatic rings. The van der Waals surface area contributed by atoms with E-state index in [4.69, 9.17) is 16.1 Å². The number of nitrogens with zero attached hydrogens (tertiary/aromatic N) is 3. The standard InChI is InChI=1S/C14H10N4O3/c15-6-8-3-11(18-13(4-8)17-7-16)9-1-2-10(14(20)21)12(19)5-9/h1-5,7,19H,(H,20,21)(H2,16,17,18). The summed E-state index contributed by atoms with van der Waals surface area (Å²) in [5.41, 5.74) is 6.15. The topological polar surface area (TPSA) is 133 Å². The van der Waals surface area contributed by atoms with Crippen LogP contribution in [0.25, 0.3) is 11.3 Å². The van der Waals surface area contributed by atoms with Crippen molar-refractivity contribution in [2.45, 2.75) is 0 Å². The largest absolute Gasteiger partial charge is 0.507 e. The van der Waals surface area contributed by atoms with Gasteiger partial charge in [0, 0.05) is 11.6 Å². The number of benzene rings is 1. The van der Waals surface area contributed by atoms with E-state index in [0.29, 0.717) is 16.8 Å². The smallest absolute Gasteiger partial charge is 0.339 e. The van der Waals surface area contributed by atoms with Crippen molar-refractivity contribution >= 4 is 18.1 Å². The van der Waals surface area contributed by atoms with Gasteiger partial charge in [0.25, 0.3) is 0 Å². The lowest BCUT2D eigenvalue weighted by Crippen LogP contribution is -1.97. The van der Waals surface area contributed by atoms with Crippen LogP contribution in [-0.4, -0.2) is 27.5 Å². The Labute approximate surface area is 119 Å². The molecule has 2 aromatic rings. The molecule has 0 radical (unpaired) electrons. The maximum Gasteiger partial charge on any atom is 0.339 e. The van der Waals surface area contributed by atoms with Gasteiger partial charge in [-0.15, -0.1) is 0 Å². The van der Waals surface area contributed by atoms with Crippen LogP contribution in [-0.2, 0) is 0 Å². The Balaban J connectivity index is 2.56. The van der Waals surface area contributed by atoms with E-state index in [1.54, 1.807) is 0 Å². The molecule has 0 aliphatic carbocycles. The van der Waals surface area contributed by atoms with Gasteiger partial charge in [-0.25, -0.2) is 14.8 Å². The number of carboxylic acids is 1. The number of nitrogens with two attached hydrogens (primary N) is 1. The fraction of sp³-hybridized carbons (Fsp3) is 0. The van der Waals surface area contributed by atoms with Gasteiger partial charge in [0.1, 0.15) is 11.3 Å². The van der Waals surface area contributed by atoms with Crippen LogP contribution in [0.5, 0.6) is 5.75 Å². The molecule has 0 aliphatic heterocycles. The molecule has 0 bridgehead atoms. The normalized spacial score (nSPS) is 10.4. The van der Waals surface area contributed by atoms with Crippen LogP contribution in [0.3, 0.4) is 0 Å². The zero-order valence-corrected chi connectivity index (χ0v) is 10.7. The van der Waals surface area contributed by atoms with Crippen molar-refractivity contribution in [3.63, 3.8) is 0 Å². The molecular weight excluding hydrogens is 272 g/mol. The Morgan fingerprint density at radius 1 is 1.38 bits per heavy atom. The van der Waals surface area contributed by atoms with E-state index in [9.17, 15) is 9.90 Å². The molecule has 1 aromatic heterocycles. The van der Waals surface area contributed by atoms with Crippen molar-refractivity contribution in [1.82, 2.24) is 4.98 Å². The molecule has 0 unspecified atom stereocenters. The first-order valence-corrected chi connectivity index (χ1v) is 5.78. The van der Waals surface area contributed by atoms with E-state index in [2.05, 4.69) is 9.98 Å². The van der Waals surface area contributed by atoms with Crippen molar-refractivity contribution in [3.05, 3.63) is 41.5 Å². The Hall–Kier alpha value is -3.40. The number of rotatable bonds is 3. The van der Waals surface area contributed by atoms with Crippen molar-refractivity contribution in [1.29, 1.82) is 5.26 Å². The molecule has 0 atom stereocenters. The lowest BCUT2D eigenvalue weighted by atomic mass is 10.1. The second kappa shape index (κ2) is 5.71. The highest BCUT2D eigenvalue weighted by Crippen LogP contribution is 2.27. The fourth-order valence-electron chi connectivity index (χ4n) is 1.74. The second-order valence-corrected chi connectivity index (χ2v) is 4.03. The highest BCUT2D eigenvalue weighted by Gasteiger charge is 2.12. The van der Waals surface area contributed by atoms with Gasteiger partial charge < -0.3 is 15.9 Å². The third-order valence-electron chi connectivity index (χ3n) is 2.67. The summed E-state index contributed by atoms with van der Waals surface area (Å²) in [6.07, 6.45) is 1.05. The number of aromatic carboxylic acids is 1. The number of aromatic nitrogens is 1. The predicted octanol–water partition coefficient (Wildman–Crippen LogP) is 1.64. The average molecular weight is 282 g/mol. The summed E-state index contributed by atoms with van der Waals surface area (Å²) >= 11 is 0. The van der Waals surface area contributed by atoms with Gasteiger partial charge in [-0.05, 0) is 18.2 Å². The van der Waals surface area contributed by atoms with Crippen LogP contribution in [0, 0.1) is 11.3 Å². The van der Waals surface area contributed by atoms with E-state index >= 15 is 0 Å². The molecule has 2 rings (SSSR count). The molecule has 0 spiro atoms. The maximum atomic E-state index is 10.9. The number of phenols is 1. The number of aromatic hydroxyl groups is 1. The van der Waals surface area contributed by atoms with Gasteiger partial charge in [0.2, 0.25) is 0 Å². The van der Waals surface area contributed by atoms with Gasteiger partial charge in [-0.3, -0.25) is 0 Å². The van der Waals surface area contributed by atoms with Crippen LogP contribution in [0.1, 0.15) is 15.9 Å². The highest BCUT2D eigenvalue weighted by atomic mass is 16.4. The number of pyridine rings is 1. The molecule has 21 heavy (non-hydrogen) atoms. The van der Waals surface area contributed by atoms with Crippen LogP contribution in [0.15, 0.2) is 35.3 Å². The summed E-state index contributed by atoms with van der Waals surface area (Å²) in [6, 6.07) is 8.95. The Morgan fingerprint density at radius 3 is 2.71 bits per heavy atom. The number of hydrogen-bond acceptors (Lipinski definition) is 5. The van der Waals surface area contributed by atoms with E-state index in [0.717, 1.165) is 6.34 Å². The summed E-state index contributed by atoms with van der Waals surface area (Å²) in [7, 11) is 0. The Bertz CT molecular complexity index is 778. The van der Waals surface area contributed by atoms with E-state index < -0.39 is 5.97 Å². The lowest BCUT2D eigenvalue weighted by molar-refractivity contribution is 0.0694. The predicted molar refractivity (Wildman–Crippen MR) is 75.4 cm³/mol. The molecule has 0 saturated carbocycles. The first-order chi connectivity index (χ1) is 10.0. The van der Waals surface area contributed by atoms with Crippen LogP contribution in [0.4, 0.5) is 5.82 Å². The number of nitriles is 1. The molecule has 7 heteroatoms. The lowest BCUT2D eigenvalue weighted by Gasteiger charge is -2.05. The number of aliphatic imine (C=N–C) groups is 1. The zero-order chi connectivity index (χ0) is 15.4. The molecule has 1 aromatic carbocycles. The minimum Gasteiger partial charge on any atom is -0.507 e. The summed E-state index contributed by atoms with van der Waals surface area (Å²) in [4.78, 5) is 18.8. The second-order valence-electron chi connectivity index (χ2n) is 4.03. The summed E-state index contributed by atoms with van der Waals surface area (Å²) in [5, 5.41) is 27.6. The summed E-state index contributed by atoms with van der Waals surface area (Å²) in [6.45, 7) is 0. The minimum absolute atomic E-state index is 0.213. The van der Waals surface area contributed by atoms with Gasteiger partial charge in [-0.2, -0.15) is 5.26 Å². The van der Waals surface area contributed by atoms with E-state index in [1.807, 2.05) is 6.07 Å². The average Bonchev–Trinajstić information content (AvgIpc) is 2.46. The zero-order valence-electron chi connectivity index (χ0n) is 10.7. The van der Waals surface area contributed by atoms with Gasteiger partial charge >= 0.3 is 5.97 Å². The first kappa shape index (κ1) is 14.0. The van der Waals surface area contributed by atoms with E-state index in [-0.39, 0.29) is 17.1 Å². The fourth-order valence-corrected chi connectivity index (χ4v) is 1.74. The number of carboxylic acid groups (broad SMARTS) is 1. The summed E-state index contributed by atoms with van der Waals surface area (Å²) in [5.74, 6) is -1.37. The van der Waals surface area contributed by atoms with Gasteiger partial charge in [0.15, 0.2) is 5.82 Å². The van der Waals surface area contributed by atoms with Gasteiger partial charge in [-0.1, -0.05) is 6.07 Å². The molecular formula is C14H10N4O3. The Morgan fingerprint density at radius 2 is 2.14 bits per heavy atom. The maximum absolute atomic E-state index is 10.9. The molecule has 4 N–H and O–H groups in total. The Kier molecular flexibility index (Phi) is 3.81. The molecule has 1 heterocycles. The van der Waals surface area contributed by atoms with Crippen molar-refractivity contribution in [2.24, 2.45) is 10.7 Å². The van der Waals surface area contributed by atoms with Crippen molar-refractivity contribution in [3.8, 4) is 23.1 Å². The quantitative estimate of drug-likeness (QED) is 0.579. The highest BCUT2D eigenvalue weighted by molar-refractivity contribution is 5.91. The summed E-state index contributed by atoms with van der Waals surface area (Å²) < 4.78 is 0. The monoisotopic (exact) mass is 282 g/mol.